The number of amides is 1. The van der Waals surface area contributed by atoms with Crippen LogP contribution < -0.4 is 5.32 Å². The van der Waals surface area contributed by atoms with Crippen molar-refractivity contribution in [1.82, 2.24) is 5.32 Å². The lowest BCUT2D eigenvalue weighted by Gasteiger charge is -2.44. The van der Waals surface area contributed by atoms with Crippen molar-refractivity contribution in [1.29, 1.82) is 0 Å². The number of rotatable bonds is 13. The maximum atomic E-state index is 13.1. The Kier molecular flexibility index (Phi) is 11.3. The Bertz CT molecular complexity index is 1360. The summed E-state index contributed by atoms with van der Waals surface area (Å²) in [7, 11) is 0. The van der Waals surface area contributed by atoms with Gasteiger partial charge >= 0.3 is 6.09 Å². The highest BCUT2D eigenvalue weighted by atomic mass is 16.7. The second kappa shape index (κ2) is 16.0. The molecule has 0 aromatic heterocycles. The molecule has 1 aliphatic rings. The molecule has 5 atom stereocenters. The largest absolute Gasteiger partial charge is 0.445 e. The number of nitrogens with one attached hydrogen (secondary N) is 1. The molecule has 2 N–H and O–H groups in total. The first-order valence-corrected chi connectivity index (χ1v) is 14.4. The molecule has 8 nitrogen and oxygen atoms in total. The number of aliphatic hydroxyl groups excluding tert-OH is 1. The Hall–Kier alpha value is -4.05. The van der Waals surface area contributed by atoms with Gasteiger partial charge in [-0.05, 0) is 22.3 Å². The lowest BCUT2D eigenvalue weighted by molar-refractivity contribution is -0.284. The predicted molar refractivity (Wildman–Crippen MR) is 161 cm³/mol. The number of benzene rings is 4. The Morgan fingerprint density at radius 3 is 1.58 bits per heavy atom. The van der Waals surface area contributed by atoms with Crippen LogP contribution in [0.4, 0.5) is 4.79 Å². The summed E-state index contributed by atoms with van der Waals surface area (Å²) in [5, 5.41) is 14.1. The predicted octanol–water partition coefficient (Wildman–Crippen LogP) is 5.39. The van der Waals surface area contributed by atoms with Gasteiger partial charge in [0.05, 0.1) is 32.5 Å². The molecule has 8 heteroatoms. The molecule has 43 heavy (non-hydrogen) atoms. The molecule has 1 saturated heterocycles. The van der Waals surface area contributed by atoms with Gasteiger partial charge in [0.15, 0.2) is 6.29 Å². The first kappa shape index (κ1) is 30.4. The zero-order chi connectivity index (χ0) is 29.7. The van der Waals surface area contributed by atoms with Crippen LogP contribution in [0.2, 0.25) is 0 Å². The molecule has 0 radical (unpaired) electrons. The van der Waals surface area contributed by atoms with Gasteiger partial charge in [0, 0.05) is 0 Å². The van der Waals surface area contributed by atoms with E-state index in [1.807, 2.05) is 121 Å². The minimum absolute atomic E-state index is 0.0904. The Morgan fingerprint density at radius 2 is 1.07 bits per heavy atom. The quantitative estimate of drug-likeness (QED) is 0.218. The van der Waals surface area contributed by atoms with Gasteiger partial charge in [-0.2, -0.15) is 0 Å². The van der Waals surface area contributed by atoms with Crippen molar-refractivity contribution in [2.75, 3.05) is 6.61 Å². The smallest absolute Gasteiger partial charge is 0.407 e. The summed E-state index contributed by atoms with van der Waals surface area (Å²) in [6.07, 6.45) is -4.41. The second-order valence-electron chi connectivity index (χ2n) is 10.3. The lowest BCUT2D eigenvalue weighted by atomic mass is 9.95. The molecule has 224 valence electrons. The third-order valence-corrected chi connectivity index (χ3v) is 7.13. The van der Waals surface area contributed by atoms with Crippen molar-refractivity contribution >= 4 is 6.09 Å². The van der Waals surface area contributed by atoms with Crippen LogP contribution in [0.15, 0.2) is 121 Å². The van der Waals surface area contributed by atoms with E-state index >= 15 is 0 Å². The Labute approximate surface area is 252 Å². The van der Waals surface area contributed by atoms with Gasteiger partial charge in [0.25, 0.3) is 0 Å². The van der Waals surface area contributed by atoms with E-state index in [4.69, 9.17) is 23.7 Å². The van der Waals surface area contributed by atoms with Crippen molar-refractivity contribution in [2.45, 2.75) is 57.1 Å². The molecule has 0 saturated carbocycles. The fourth-order valence-corrected chi connectivity index (χ4v) is 4.93. The zero-order valence-electron chi connectivity index (χ0n) is 23.9. The van der Waals surface area contributed by atoms with Crippen LogP contribution in [0.1, 0.15) is 22.3 Å². The van der Waals surface area contributed by atoms with Gasteiger partial charge in [-0.3, -0.25) is 0 Å². The number of hydrogen-bond acceptors (Lipinski definition) is 7. The number of ether oxygens (including phenoxy) is 5. The molecular formula is C35H37NO7. The maximum Gasteiger partial charge on any atom is 0.407 e. The highest BCUT2D eigenvalue weighted by Crippen LogP contribution is 2.27. The van der Waals surface area contributed by atoms with Gasteiger partial charge in [-0.1, -0.05) is 121 Å². The van der Waals surface area contributed by atoms with Crippen LogP contribution in [-0.4, -0.2) is 48.5 Å². The Morgan fingerprint density at radius 1 is 0.628 bits per heavy atom. The molecule has 1 fully saturated rings. The van der Waals surface area contributed by atoms with Crippen molar-refractivity contribution < 1.29 is 33.6 Å². The molecule has 0 bridgehead atoms. The van der Waals surface area contributed by atoms with Crippen molar-refractivity contribution in [3.8, 4) is 0 Å². The molecule has 0 aliphatic carbocycles. The molecule has 1 heterocycles. The highest BCUT2D eigenvalue weighted by molar-refractivity contribution is 5.68. The standard InChI is InChI=1S/C35H37NO7/c37-34-33(41-23-28-17-9-3-10-18-28)31(36-35(38)42-24-29-19-11-4-12-20-29)32(40-22-27-15-7-2-8-16-27)30(43-34)25-39-21-26-13-5-1-6-14-26/h1-20,30-34,37H,21-25H2,(H,36,38)/t30-,31-,32-,33+,34?/m1/s1. The lowest BCUT2D eigenvalue weighted by Crippen LogP contribution is -2.66. The van der Waals surface area contributed by atoms with E-state index in [-0.39, 0.29) is 26.4 Å². The number of hydrogen-bond donors (Lipinski definition) is 2. The fraction of sp³-hybridized carbons (Fsp3) is 0.286. The first-order valence-electron chi connectivity index (χ1n) is 14.4. The van der Waals surface area contributed by atoms with E-state index in [1.54, 1.807) is 0 Å². The third kappa shape index (κ3) is 9.22. The second-order valence-corrected chi connectivity index (χ2v) is 10.3. The minimum Gasteiger partial charge on any atom is -0.445 e. The molecule has 4 aromatic carbocycles. The molecule has 0 spiro atoms. The van der Waals surface area contributed by atoms with Crippen molar-refractivity contribution in [3.63, 3.8) is 0 Å². The van der Waals surface area contributed by atoms with Crippen LogP contribution in [0.25, 0.3) is 0 Å². The SMILES string of the molecule is O=C(N[C@@H]1[C@H](OCc2ccccc2)[C@@H](COCc2ccccc2)OC(O)[C@H]1OCc1ccccc1)OCc1ccccc1. The van der Waals surface area contributed by atoms with E-state index in [1.165, 1.54) is 0 Å². The normalized spacial score (nSPS) is 21.7. The van der Waals surface area contributed by atoms with Crippen molar-refractivity contribution in [3.05, 3.63) is 144 Å². The molecule has 5 rings (SSSR count). The average molecular weight is 584 g/mol. The third-order valence-electron chi connectivity index (χ3n) is 7.13. The summed E-state index contributed by atoms with van der Waals surface area (Å²) in [6.45, 7) is 1.01. The fourth-order valence-electron chi connectivity index (χ4n) is 4.93. The maximum absolute atomic E-state index is 13.1. The summed E-state index contributed by atoms with van der Waals surface area (Å²) >= 11 is 0. The number of carbonyl (C=O) groups excluding carboxylic acids is 1. The van der Waals surface area contributed by atoms with E-state index in [9.17, 15) is 9.90 Å². The van der Waals surface area contributed by atoms with Gasteiger partial charge in [-0.25, -0.2) is 4.79 Å². The summed E-state index contributed by atoms with van der Waals surface area (Å²) in [4.78, 5) is 13.1. The summed E-state index contributed by atoms with van der Waals surface area (Å²) in [6, 6.07) is 37.7. The molecule has 1 unspecified atom stereocenters. The van der Waals surface area contributed by atoms with Crippen LogP contribution in [0, 0.1) is 0 Å². The van der Waals surface area contributed by atoms with Crippen molar-refractivity contribution in [2.24, 2.45) is 0 Å². The van der Waals surface area contributed by atoms with E-state index in [2.05, 4.69) is 5.32 Å². The monoisotopic (exact) mass is 583 g/mol. The Balaban J connectivity index is 1.35. The number of alkyl carbamates (subject to hydrolysis) is 1. The van der Waals surface area contributed by atoms with Crippen LogP contribution >= 0.6 is 0 Å². The van der Waals surface area contributed by atoms with E-state index < -0.39 is 36.7 Å². The van der Waals surface area contributed by atoms with Gasteiger partial charge in [-0.15, -0.1) is 0 Å². The first-order chi connectivity index (χ1) is 21.2. The van der Waals surface area contributed by atoms with Gasteiger partial charge < -0.3 is 34.1 Å². The number of aliphatic hydroxyl groups is 1. The minimum atomic E-state index is -1.36. The average Bonchev–Trinajstić information content (AvgIpc) is 3.05. The summed E-state index contributed by atoms with van der Waals surface area (Å²) in [5.74, 6) is 0. The number of carbonyl (C=O) groups is 1. The van der Waals surface area contributed by atoms with Crippen LogP contribution in [-0.2, 0) is 50.1 Å². The summed E-state index contributed by atoms with van der Waals surface area (Å²) in [5.41, 5.74) is 3.72. The highest BCUT2D eigenvalue weighted by Gasteiger charge is 2.48. The zero-order valence-corrected chi connectivity index (χ0v) is 23.9. The molecule has 1 amide bonds. The van der Waals surface area contributed by atoms with Gasteiger partial charge in [0.2, 0.25) is 0 Å². The molecular weight excluding hydrogens is 546 g/mol. The molecule has 1 aliphatic heterocycles. The topological polar surface area (TPSA) is 95.5 Å². The molecule has 4 aromatic rings. The van der Waals surface area contributed by atoms with E-state index in [0.717, 1.165) is 22.3 Å². The van der Waals surface area contributed by atoms with Gasteiger partial charge in [0.1, 0.15) is 24.9 Å². The summed E-state index contributed by atoms with van der Waals surface area (Å²) < 4.78 is 30.2. The van der Waals surface area contributed by atoms with Crippen LogP contribution in [0.5, 0.6) is 0 Å². The van der Waals surface area contributed by atoms with Crippen LogP contribution in [0.3, 0.4) is 0 Å². The van der Waals surface area contributed by atoms with E-state index in [0.29, 0.717) is 6.61 Å².